The van der Waals surface area contributed by atoms with Gasteiger partial charge in [-0.2, -0.15) is 0 Å². The first-order valence-electron chi connectivity index (χ1n) is 12.7. The van der Waals surface area contributed by atoms with Crippen LogP contribution in [0.3, 0.4) is 0 Å². The van der Waals surface area contributed by atoms with E-state index in [1.54, 1.807) is 0 Å². The Morgan fingerprint density at radius 1 is 1.12 bits per heavy atom. The summed E-state index contributed by atoms with van der Waals surface area (Å²) in [4.78, 5) is 24.3. The number of hydrogen-bond acceptors (Lipinski definition) is 6. The van der Waals surface area contributed by atoms with E-state index in [1.165, 1.54) is 36.8 Å². The zero-order valence-electron chi connectivity index (χ0n) is 19.9. The Morgan fingerprint density at radius 2 is 1.91 bits per heavy atom. The molecule has 3 aliphatic heterocycles. The van der Waals surface area contributed by atoms with E-state index < -0.39 is 6.29 Å². The molecular weight excluding hydrogens is 412 g/mol. The predicted octanol–water partition coefficient (Wildman–Crippen LogP) is 2.37. The molecule has 0 radical (unpaired) electrons. The summed E-state index contributed by atoms with van der Waals surface area (Å²) in [6, 6.07) is 6.64. The zero-order valence-corrected chi connectivity index (χ0v) is 19.9. The molecule has 1 amide bonds. The quantitative estimate of drug-likeness (QED) is 0.737. The predicted molar refractivity (Wildman–Crippen MR) is 132 cm³/mol. The molecular formula is C26H38N6O. The molecule has 7 nitrogen and oxygen atoms in total. The normalized spacial score (nSPS) is 24.2. The number of likely N-dealkylation sites (N-methyl/N-ethyl adjacent to an activating group) is 1. The highest BCUT2D eigenvalue weighted by Crippen LogP contribution is 2.30. The molecule has 1 saturated heterocycles. The van der Waals surface area contributed by atoms with Crippen LogP contribution in [-0.4, -0.2) is 72.5 Å². The minimum atomic E-state index is -0.440. The lowest BCUT2D eigenvalue weighted by molar-refractivity contribution is -0.132. The number of amides is 1. The third-order valence-electron chi connectivity index (χ3n) is 7.80. The van der Waals surface area contributed by atoms with Gasteiger partial charge < -0.3 is 20.0 Å². The number of hydrogen-bond donors (Lipinski definition) is 2. The molecule has 1 atom stereocenters. The third kappa shape index (κ3) is 5.25. The van der Waals surface area contributed by atoms with Crippen molar-refractivity contribution in [3.8, 4) is 0 Å². The second kappa shape index (κ2) is 9.85. The standard InChI is InChI=1S/C26H38N6O/c1-30-12-14-31(15-13-30)24-17-23(28-26(27)29-24)21-8-7-20-10-11-32(18-22(20)16-21)25(33)9-6-19-4-2-3-5-19/h7-8,16-17,19,26,28H,2-6,9-15,18,27H2,1H3. The maximum absolute atomic E-state index is 12.9. The monoisotopic (exact) mass is 450 g/mol. The highest BCUT2D eigenvalue weighted by Gasteiger charge is 2.25. The molecule has 1 aromatic rings. The van der Waals surface area contributed by atoms with Crippen LogP contribution in [0.25, 0.3) is 5.70 Å². The van der Waals surface area contributed by atoms with Gasteiger partial charge >= 0.3 is 0 Å². The number of rotatable bonds is 4. The van der Waals surface area contributed by atoms with E-state index >= 15 is 0 Å². The SMILES string of the molecule is CN1CCN(C2=NC(N)NC(c3ccc4c(c3)CN(C(=O)CCC3CCCC3)CC4)=C2)CC1. The van der Waals surface area contributed by atoms with Gasteiger partial charge in [-0.15, -0.1) is 0 Å². The van der Waals surface area contributed by atoms with E-state index in [2.05, 4.69) is 56.3 Å². The highest BCUT2D eigenvalue weighted by molar-refractivity contribution is 6.00. The van der Waals surface area contributed by atoms with E-state index in [-0.39, 0.29) is 0 Å². The molecule has 5 rings (SSSR count). The third-order valence-corrected chi connectivity index (χ3v) is 7.80. The van der Waals surface area contributed by atoms with Gasteiger partial charge in [0.1, 0.15) is 5.84 Å². The molecule has 7 heteroatoms. The van der Waals surface area contributed by atoms with E-state index in [4.69, 9.17) is 5.73 Å². The van der Waals surface area contributed by atoms with Crippen LogP contribution in [0.2, 0.25) is 0 Å². The van der Waals surface area contributed by atoms with Crippen molar-refractivity contribution in [1.82, 2.24) is 20.0 Å². The lowest BCUT2D eigenvalue weighted by Crippen LogP contribution is -2.49. The maximum Gasteiger partial charge on any atom is 0.222 e. The Kier molecular flexibility index (Phi) is 6.69. The highest BCUT2D eigenvalue weighted by atomic mass is 16.2. The summed E-state index contributed by atoms with van der Waals surface area (Å²) in [6.45, 7) is 5.55. The second-order valence-corrected chi connectivity index (χ2v) is 10.2. The number of benzene rings is 1. The molecule has 3 N–H and O–H groups in total. The van der Waals surface area contributed by atoms with Crippen LogP contribution < -0.4 is 11.1 Å². The lowest BCUT2D eigenvalue weighted by Gasteiger charge is -2.36. The van der Waals surface area contributed by atoms with E-state index in [0.717, 1.165) is 68.6 Å². The van der Waals surface area contributed by atoms with Gasteiger partial charge in [-0.25, -0.2) is 4.99 Å². The van der Waals surface area contributed by atoms with Crippen LogP contribution in [0.4, 0.5) is 0 Å². The Hall–Kier alpha value is -2.38. The van der Waals surface area contributed by atoms with Crippen molar-refractivity contribution in [1.29, 1.82) is 0 Å². The molecule has 178 valence electrons. The minimum absolute atomic E-state index is 0.319. The van der Waals surface area contributed by atoms with Crippen molar-refractivity contribution in [3.05, 3.63) is 41.0 Å². The van der Waals surface area contributed by atoms with Gasteiger partial charge in [0.25, 0.3) is 0 Å². The fourth-order valence-electron chi connectivity index (χ4n) is 5.64. The van der Waals surface area contributed by atoms with E-state index in [9.17, 15) is 4.79 Å². The molecule has 1 saturated carbocycles. The largest absolute Gasteiger partial charge is 0.354 e. The molecule has 0 spiro atoms. The summed E-state index contributed by atoms with van der Waals surface area (Å²) in [7, 11) is 2.16. The Balaban J connectivity index is 1.27. The smallest absolute Gasteiger partial charge is 0.222 e. The number of nitrogens with two attached hydrogens (primary N) is 1. The zero-order chi connectivity index (χ0) is 22.8. The number of piperazine rings is 1. The Labute approximate surface area is 197 Å². The lowest BCUT2D eigenvalue weighted by atomic mass is 9.95. The average Bonchev–Trinajstić information content (AvgIpc) is 3.35. The fraction of sp³-hybridized carbons (Fsp3) is 0.615. The number of nitrogens with zero attached hydrogens (tertiary/aromatic N) is 4. The Morgan fingerprint density at radius 3 is 2.70 bits per heavy atom. The summed E-state index contributed by atoms with van der Waals surface area (Å²) in [5.74, 6) is 2.05. The number of nitrogens with one attached hydrogen (secondary N) is 1. The van der Waals surface area contributed by atoms with Crippen LogP contribution in [0.5, 0.6) is 0 Å². The summed E-state index contributed by atoms with van der Waals surface area (Å²) < 4.78 is 0. The minimum Gasteiger partial charge on any atom is -0.354 e. The molecule has 3 heterocycles. The van der Waals surface area contributed by atoms with E-state index in [0.29, 0.717) is 18.9 Å². The number of fused-ring (bicyclic) bond motifs is 1. The summed E-state index contributed by atoms with van der Waals surface area (Å²) in [5.41, 5.74) is 11.0. The van der Waals surface area contributed by atoms with Crippen molar-refractivity contribution >= 4 is 17.4 Å². The molecule has 33 heavy (non-hydrogen) atoms. The molecule has 1 unspecified atom stereocenters. The molecule has 0 bridgehead atoms. The summed E-state index contributed by atoms with van der Waals surface area (Å²) in [6.07, 6.45) is 9.68. The van der Waals surface area contributed by atoms with Crippen molar-refractivity contribution < 1.29 is 4.79 Å². The topological polar surface area (TPSA) is 77.2 Å². The molecule has 1 aromatic carbocycles. The first-order chi connectivity index (χ1) is 16.0. The molecule has 1 aliphatic carbocycles. The van der Waals surface area contributed by atoms with E-state index in [1.807, 2.05) is 0 Å². The van der Waals surface area contributed by atoms with Crippen molar-refractivity contribution in [3.63, 3.8) is 0 Å². The first kappa shape index (κ1) is 22.4. The van der Waals surface area contributed by atoms with Crippen LogP contribution in [0.15, 0.2) is 29.3 Å². The fourth-order valence-corrected chi connectivity index (χ4v) is 5.64. The van der Waals surface area contributed by atoms with Crippen LogP contribution in [0.1, 0.15) is 55.2 Å². The second-order valence-electron chi connectivity index (χ2n) is 10.2. The molecule has 0 aromatic heterocycles. The van der Waals surface area contributed by atoms with Gasteiger partial charge in [0.15, 0.2) is 6.29 Å². The number of carbonyl (C=O) groups is 1. The number of carbonyl (C=O) groups excluding carboxylic acids is 1. The average molecular weight is 451 g/mol. The Bertz CT molecular complexity index is 927. The van der Waals surface area contributed by atoms with Gasteiger partial charge in [-0.1, -0.05) is 37.8 Å². The maximum atomic E-state index is 12.9. The number of aliphatic imine (C=N–C) groups is 1. The van der Waals surface area contributed by atoms with Crippen molar-refractivity contribution in [2.75, 3.05) is 39.8 Å². The van der Waals surface area contributed by atoms with Crippen LogP contribution in [0, 0.1) is 5.92 Å². The van der Waals surface area contributed by atoms with Gasteiger partial charge in [0.2, 0.25) is 5.91 Å². The van der Waals surface area contributed by atoms with Gasteiger partial charge in [-0.3, -0.25) is 10.5 Å². The van der Waals surface area contributed by atoms with Crippen molar-refractivity contribution in [2.24, 2.45) is 16.6 Å². The summed E-state index contributed by atoms with van der Waals surface area (Å²) in [5, 5.41) is 3.34. The molecule has 2 fully saturated rings. The first-order valence-corrected chi connectivity index (χ1v) is 12.7. The number of amidine groups is 1. The van der Waals surface area contributed by atoms with Gasteiger partial charge in [0.05, 0.1) is 0 Å². The van der Waals surface area contributed by atoms with Crippen LogP contribution >= 0.6 is 0 Å². The van der Waals surface area contributed by atoms with Crippen molar-refractivity contribution in [2.45, 2.75) is 57.8 Å². The van der Waals surface area contributed by atoms with Gasteiger partial charge in [-0.05, 0) is 48.6 Å². The van der Waals surface area contributed by atoms with Gasteiger partial charge in [0, 0.05) is 57.5 Å². The molecule has 4 aliphatic rings. The van der Waals surface area contributed by atoms with Crippen LogP contribution in [-0.2, 0) is 17.8 Å². The summed E-state index contributed by atoms with van der Waals surface area (Å²) >= 11 is 0.